The van der Waals surface area contributed by atoms with Crippen LogP contribution in [-0.2, 0) is 0 Å². The summed E-state index contributed by atoms with van der Waals surface area (Å²) in [4.78, 5) is 15.7. The number of halogens is 1. The molecule has 1 aliphatic carbocycles. The number of hydrogen-bond donors (Lipinski definition) is 2. The Hall–Kier alpha value is -1.29. The number of carbonyl (C=O) groups is 1. The molecule has 0 atom stereocenters. The first-order valence-corrected chi connectivity index (χ1v) is 6.31. The van der Waals surface area contributed by atoms with Gasteiger partial charge in [-0.25, -0.2) is 9.78 Å². The highest BCUT2D eigenvalue weighted by Crippen LogP contribution is 2.17. The van der Waals surface area contributed by atoms with Gasteiger partial charge in [0.2, 0.25) is 0 Å². The molecule has 1 saturated carbocycles. The number of urea groups is 1. The van der Waals surface area contributed by atoms with E-state index in [2.05, 4.69) is 15.6 Å². The van der Waals surface area contributed by atoms with Crippen molar-refractivity contribution in [2.75, 3.05) is 5.32 Å². The Morgan fingerprint density at radius 2 is 2.06 bits per heavy atom. The Kier molecular flexibility index (Phi) is 4.20. The molecule has 0 aromatic carbocycles. The second-order valence-corrected chi connectivity index (χ2v) is 4.73. The number of pyridine rings is 1. The van der Waals surface area contributed by atoms with Crippen LogP contribution in [0.3, 0.4) is 0 Å². The lowest BCUT2D eigenvalue weighted by atomic mass is 9.96. The molecule has 1 aromatic heterocycles. The quantitative estimate of drug-likeness (QED) is 0.851. The molecule has 2 rings (SSSR count). The van der Waals surface area contributed by atoms with Gasteiger partial charge >= 0.3 is 6.03 Å². The van der Waals surface area contributed by atoms with Crippen molar-refractivity contribution in [2.45, 2.75) is 38.1 Å². The largest absolute Gasteiger partial charge is 0.335 e. The molecule has 1 aromatic rings. The minimum atomic E-state index is -0.188. The van der Waals surface area contributed by atoms with E-state index in [1.807, 2.05) is 0 Å². The number of rotatable bonds is 2. The van der Waals surface area contributed by atoms with Crippen LogP contribution in [-0.4, -0.2) is 17.1 Å². The van der Waals surface area contributed by atoms with Gasteiger partial charge in [-0.15, -0.1) is 0 Å². The zero-order valence-corrected chi connectivity index (χ0v) is 10.3. The van der Waals surface area contributed by atoms with Gasteiger partial charge in [0.25, 0.3) is 0 Å². The zero-order chi connectivity index (χ0) is 12.1. The van der Waals surface area contributed by atoms with Crippen molar-refractivity contribution in [3.05, 3.63) is 23.4 Å². The van der Waals surface area contributed by atoms with Gasteiger partial charge in [-0.2, -0.15) is 0 Å². The highest BCUT2D eigenvalue weighted by Gasteiger charge is 2.15. The summed E-state index contributed by atoms with van der Waals surface area (Å²) in [6, 6.07) is 3.50. The second-order valence-electron chi connectivity index (χ2n) is 4.30. The minimum Gasteiger partial charge on any atom is -0.335 e. The average molecular weight is 254 g/mol. The fourth-order valence-electron chi connectivity index (χ4n) is 2.03. The summed E-state index contributed by atoms with van der Waals surface area (Å²) in [6.07, 6.45) is 7.33. The van der Waals surface area contributed by atoms with Crippen LogP contribution in [0.25, 0.3) is 0 Å². The van der Waals surface area contributed by atoms with Crippen LogP contribution in [0.2, 0.25) is 5.02 Å². The predicted molar refractivity (Wildman–Crippen MR) is 68.3 cm³/mol. The van der Waals surface area contributed by atoms with E-state index in [1.54, 1.807) is 12.1 Å². The first-order chi connectivity index (χ1) is 8.24. The Morgan fingerprint density at radius 3 is 2.71 bits per heavy atom. The van der Waals surface area contributed by atoms with Crippen molar-refractivity contribution < 1.29 is 4.79 Å². The molecule has 92 valence electrons. The maximum atomic E-state index is 11.7. The van der Waals surface area contributed by atoms with Crippen molar-refractivity contribution in [1.82, 2.24) is 10.3 Å². The molecule has 0 unspecified atom stereocenters. The molecular formula is C12H16ClN3O. The lowest BCUT2D eigenvalue weighted by Gasteiger charge is -2.22. The van der Waals surface area contributed by atoms with Gasteiger partial charge in [-0.05, 0) is 25.0 Å². The molecule has 0 radical (unpaired) electrons. The Morgan fingerprint density at radius 1 is 1.29 bits per heavy atom. The van der Waals surface area contributed by atoms with E-state index in [0.717, 1.165) is 12.8 Å². The summed E-state index contributed by atoms with van der Waals surface area (Å²) in [7, 11) is 0. The fourth-order valence-corrected chi connectivity index (χ4v) is 2.15. The van der Waals surface area contributed by atoms with Gasteiger partial charge in [0.15, 0.2) is 0 Å². The molecule has 17 heavy (non-hydrogen) atoms. The highest BCUT2D eigenvalue weighted by atomic mass is 35.5. The Bertz CT molecular complexity index is 374. The molecule has 2 amide bonds. The van der Waals surface area contributed by atoms with Crippen LogP contribution in [0, 0.1) is 0 Å². The highest BCUT2D eigenvalue weighted by molar-refractivity contribution is 6.30. The first kappa shape index (κ1) is 12.2. The third-order valence-electron chi connectivity index (χ3n) is 2.91. The van der Waals surface area contributed by atoms with Gasteiger partial charge in [0.1, 0.15) is 5.82 Å². The van der Waals surface area contributed by atoms with Crippen molar-refractivity contribution in [1.29, 1.82) is 0 Å². The van der Waals surface area contributed by atoms with Gasteiger partial charge in [0, 0.05) is 12.2 Å². The lowest BCUT2D eigenvalue weighted by Crippen LogP contribution is -2.39. The molecule has 0 bridgehead atoms. The maximum Gasteiger partial charge on any atom is 0.320 e. The topological polar surface area (TPSA) is 54.0 Å². The molecule has 4 nitrogen and oxygen atoms in total. The predicted octanol–water partition coefficient (Wildman–Crippen LogP) is 3.19. The summed E-state index contributed by atoms with van der Waals surface area (Å²) in [5.41, 5.74) is 0. The van der Waals surface area contributed by atoms with Crippen molar-refractivity contribution in [2.24, 2.45) is 0 Å². The summed E-state index contributed by atoms with van der Waals surface area (Å²) in [5, 5.41) is 6.21. The third kappa shape index (κ3) is 3.89. The summed E-state index contributed by atoms with van der Waals surface area (Å²) in [5.74, 6) is 0.516. The number of amides is 2. The summed E-state index contributed by atoms with van der Waals surface area (Å²) in [6.45, 7) is 0. The Balaban J connectivity index is 1.82. The number of carbonyl (C=O) groups excluding carboxylic acids is 1. The van der Waals surface area contributed by atoms with Crippen LogP contribution < -0.4 is 10.6 Å². The van der Waals surface area contributed by atoms with Crippen molar-refractivity contribution in [3.8, 4) is 0 Å². The summed E-state index contributed by atoms with van der Waals surface area (Å²) >= 11 is 5.71. The van der Waals surface area contributed by atoms with Crippen LogP contribution in [0.4, 0.5) is 10.6 Å². The van der Waals surface area contributed by atoms with Gasteiger partial charge in [0.05, 0.1) is 5.02 Å². The normalized spacial score (nSPS) is 16.5. The molecule has 0 saturated heterocycles. The van der Waals surface area contributed by atoms with E-state index < -0.39 is 0 Å². The van der Waals surface area contributed by atoms with Gasteiger partial charge in [-0.3, -0.25) is 5.32 Å². The van der Waals surface area contributed by atoms with Crippen LogP contribution in [0.15, 0.2) is 18.3 Å². The number of nitrogens with one attached hydrogen (secondary N) is 2. The van der Waals surface area contributed by atoms with E-state index in [0.29, 0.717) is 16.9 Å². The molecule has 0 spiro atoms. The maximum absolute atomic E-state index is 11.7. The second kappa shape index (κ2) is 5.87. The Labute approximate surface area is 106 Å². The van der Waals surface area contributed by atoms with Gasteiger partial charge < -0.3 is 5.32 Å². The molecule has 1 heterocycles. The van der Waals surface area contributed by atoms with E-state index >= 15 is 0 Å². The van der Waals surface area contributed by atoms with Crippen LogP contribution in [0.5, 0.6) is 0 Å². The molecule has 2 N–H and O–H groups in total. The van der Waals surface area contributed by atoms with E-state index in [9.17, 15) is 4.79 Å². The zero-order valence-electron chi connectivity index (χ0n) is 9.58. The molecular weight excluding hydrogens is 238 g/mol. The molecule has 1 fully saturated rings. The number of hydrogen-bond acceptors (Lipinski definition) is 2. The monoisotopic (exact) mass is 253 g/mol. The van der Waals surface area contributed by atoms with Crippen molar-refractivity contribution in [3.63, 3.8) is 0 Å². The molecule has 5 heteroatoms. The van der Waals surface area contributed by atoms with E-state index in [4.69, 9.17) is 11.6 Å². The standard InChI is InChI=1S/C12H16ClN3O/c13-9-6-7-11(14-8-9)16-12(17)15-10-4-2-1-3-5-10/h6-8,10H,1-5H2,(H2,14,15,16,17). The van der Waals surface area contributed by atoms with E-state index in [1.165, 1.54) is 25.5 Å². The lowest BCUT2D eigenvalue weighted by molar-refractivity contribution is 0.244. The van der Waals surface area contributed by atoms with Crippen molar-refractivity contribution >= 4 is 23.4 Å². The van der Waals surface area contributed by atoms with Crippen LogP contribution in [0.1, 0.15) is 32.1 Å². The number of aromatic nitrogens is 1. The minimum absolute atomic E-state index is 0.188. The third-order valence-corrected chi connectivity index (χ3v) is 3.13. The fraction of sp³-hybridized carbons (Fsp3) is 0.500. The SMILES string of the molecule is O=C(Nc1ccc(Cl)cn1)NC1CCCCC1. The van der Waals surface area contributed by atoms with Crippen LogP contribution >= 0.6 is 11.6 Å². The first-order valence-electron chi connectivity index (χ1n) is 5.93. The summed E-state index contributed by atoms with van der Waals surface area (Å²) < 4.78 is 0. The smallest absolute Gasteiger partial charge is 0.320 e. The number of nitrogens with zero attached hydrogens (tertiary/aromatic N) is 1. The molecule has 0 aliphatic heterocycles. The average Bonchev–Trinajstić information content (AvgIpc) is 2.33. The van der Waals surface area contributed by atoms with E-state index in [-0.39, 0.29) is 6.03 Å². The van der Waals surface area contributed by atoms with Gasteiger partial charge in [-0.1, -0.05) is 30.9 Å². The number of anilines is 1. The molecule has 1 aliphatic rings.